The van der Waals surface area contributed by atoms with Crippen LogP contribution in [0.1, 0.15) is 12.5 Å². The van der Waals surface area contributed by atoms with Crippen molar-refractivity contribution in [2.75, 3.05) is 19.6 Å². The van der Waals surface area contributed by atoms with E-state index < -0.39 is 11.6 Å². The zero-order chi connectivity index (χ0) is 16.5. The standard InChI is InChI=1S/C17H22F2N4.HI/c1-2-20-17(22-9-12-23-10-3-4-11-23)21-8-7-14-13-15(18)5-6-16(14)19;/h3-6,10-11,13H,2,7-9,12H2,1H3,(H2,20,21,22);1H. The lowest BCUT2D eigenvalue weighted by atomic mass is 10.1. The van der Waals surface area contributed by atoms with Gasteiger partial charge in [0, 0.05) is 38.6 Å². The van der Waals surface area contributed by atoms with Crippen molar-refractivity contribution in [3.8, 4) is 0 Å². The molecule has 0 atom stereocenters. The lowest BCUT2D eigenvalue weighted by Gasteiger charge is -2.11. The molecule has 0 aliphatic carbocycles. The molecule has 0 unspecified atom stereocenters. The van der Waals surface area contributed by atoms with Crippen LogP contribution in [0.2, 0.25) is 0 Å². The third-order valence-corrected chi connectivity index (χ3v) is 3.33. The third kappa shape index (κ3) is 6.86. The molecule has 132 valence electrons. The Kier molecular flexibility index (Phi) is 9.36. The highest BCUT2D eigenvalue weighted by Crippen LogP contribution is 2.10. The van der Waals surface area contributed by atoms with Crippen LogP contribution in [0.3, 0.4) is 0 Å². The van der Waals surface area contributed by atoms with E-state index in [2.05, 4.69) is 20.2 Å². The van der Waals surface area contributed by atoms with Gasteiger partial charge in [-0.15, -0.1) is 24.0 Å². The van der Waals surface area contributed by atoms with Gasteiger partial charge in [0.1, 0.15) is 11.6 Å². The van der Waals surface area contributed by atoms with Gasteiger partial charge < -0.3 is 15.2 Å². The van der Waals surface area contributed by atoms with E-state index in [4.69, 9.17) is 0 Å². The molecule has 2 aromatic rings. The molecule has 7 heteroatoms. The molecule has 0 aliphatic rings. The molecule has 2 N–H and O–H groups in total. The number of halogens is 3. The van der Waals surface area contributed by atoms with Gasteiger partial charge >= 0.3 is 0 Å². The van der Waals surface area contributed by atoms with Crippen molar-refractivity contribution in [3.05, 3.63) is 59.9 Å². The van der Waals surface area contributed by atoms with Crippen molar-refractivity contribution in [2.45, 2.75) is 19.9 Å². The zero-order valence-corrected chi connectivity index (χ0v) is 16.0. The van der Waals surface area contributed by atoms with E-state index in [1.165, 1.54) is 6.07 Å². The van der Waals surface area contributed by atoms with Crippen LogP contribution in [0.5, 0.6) is 0 Å². The molecule has 0 fully saturated rings. The lowest BCUT2D eigenvalue weighted by molar-refractivity contribution is 0.585. The molecule has 0 radical (unpaired) electrons. The predicted molar refractivity (Wildman–Crippen MR) is 104 cm³/mol. The van der Waals surface area contributed by atoms with E-state index in [0.29, 0.717) is 24.5 Å². The Morgan fingerprint density at radius 1 is 1.17 bits per heavy atom. The SMILES string of the molecule is CCNC(=NCCc1cc(F)ccc1F)NCCn1cccc1.I. The molecule has 0 saturated carbocycles. The summed E-state index contributed by atoms with van der Waals surface area (Å²) in [6.07, 6.45) is 4.36. The van der Waals surface area contributed by atoms with Gasteiger partial charge in [-0.1, -0.05) is 0 Å². The Bertz CT molecular complexity index is 630. The summed E-state index contributed by atoms with van der Waals surface area (Å²) in [4.78, 5) is 4.39. The Morgan fingerprint density at radius 3 is 2.62 bits per heavy atom. The summed E-state index contributed by atoms with van der Waals surface area (Å²) < 4.78 is 28.7. The summed E-state index contributed by atoms with van der Waals surface area (Å²) in [5, 5.41) is 6.36. The molecule has 4 nitrogen and oxygen atoms in total. The molecule has 1 aromatic heterocycles. The predicted octanol–water partition coefficient (Wildman–Crippen LogP) is 3.18. The highest BCUT2D eigenvalue weighted by atomic mass is 127. The minimum Gasteiger partial charge on any atom is -0.357 e. The molecular weight excluding hydrogens is 425 g/mol. The average Bonchev–Trinajstić information content (AvgIpc) is 3.04. The van der Waals surface area contributed by atoms with Gasteiger partial charge in [0.25, 0.3) is 0 Å². The first-order valence-electron chi connectivity index (χ1n) is 7.76. The van der Waals surface area contributed by atoms with Crippen molar-refractivity contribution in [1.29, 1.82) is 0 Å². The van der Waals surface area contributed by atoms with Crippen molar-refractivity contribution < 1.29 is 8.78 Å². The summed E-state index contributed by atoms with van der Waals surface area (Å²) in [5.41, 5.74) is 0.344. The van der Waals surface area contributed by atoms with Crippen molar-refractivity contribution in [1.82, 2.24) is 15.2 Å². The Balaban J connectivity index is 0.00000288. The first-order chi connectivity index (χ1) is 11.2. The molecule has 24 heavy (non-hydrogen) atoms. The number of hydrogen-bond donors (Lipinski definition) is 2. The second kappa shape index (κ2) is 11.0. The van der Waals surface area contributed by atoms with Gasteiger partial charge in [0.05, 0.1) is 0 Å². The zero-order valence-electron chi connectivity index (χ0n) is 13.6. The number of nitrogens with one attached hydrogen (secondary N) is 2. The third-order valence-electron chi connectivity index (χ3n) is 3.33. The second-order valence-corrected chi connectivity index (χ2v) is 5.09. The number of nitrogens with zero attached hydrogens (tertiary/aromatic N) is 2. The lowest BCUT2D eigenvalue weighted by Crippen LogP contribution is -2.39. The van der Waals surface area contributed by atoms with E-state index in [-0.39, 0.29) is 24.0 Å². The van der Waals surface area contributed by atoms with Crippen molar-refractivity contribution in [3.63, 3.8) is 0 Å². The van der Waals surface area contributed by atoms with E-state index in [9.17, 15) is 8.78 Å². The minimum atomic E-state index is -0.429. The minimum absolute atomic E-state index is 0. The summed E-state index contributed by atoms with van der Waals surface area (Å²) in [7, 11) is 0. The van der Waals surface area contributed by atoms with Crippen LogP contribution in [0, 0.1) is 11.6 Å². The van der Waals surface area contributed by atoms with E-state index in [0.717, 1.165) is 31.8 Å². The first kappa shape index (κ1) is 20.4. The monoisotopic (exact) mass is 448 g/mol. The molecule has 0 amide bonds. The molecule has 0 saturated heterocycles. The number of benzene rings is 1. The normalized spacial score (nSPS) is 11.0. The maximum absolute atomic E-state index is 13.6. The van der Waals surface area contributed by atoms with Gasteiger partial charge in [0.2, 0.25) is 0 Å². The fraction of sp³-hybridized carbons (Fsp3) is 0.353. The molecule has 2 rings (SSSR count). The van der Waals surface area contributed by atoms with Crippen LogP contribution in [0.15, 0.2) is 47.7 Å². The van der Waals surface area contributed by atoms with Crippen molar-refractivity contribution in [2.24, 2.45) is 4.99 Å². The van der Waals surface area contributed by atoms with Gasteiger partial charge in [0.15, 0.2) is 5.96 Å². The number of rotatable bonds is 7. The Labute approximate surface area is 158 Å². The maximum Gasteiger partial charge on any atom is 0.191 e. The van der Waals surface area contributed by atoms with Crippen LogP contribution in [-0.2, 0) is 13.0 Å². The molecule has 0 aliphatic heterocycles. The quantitative estimate of drug-likeness (QED) is 0.388. The second-order valence-electron chi connectivity index (χ2n) is 5.09. The molecule has 0 bridgehead atoms. The molecular formula is C17H23F2IN4. The summed E-state index contributed by atoms with van der Waals surface area (Å²) in [6, 6.07) is 7.45. The summed E-state index contributed by atoms with van der Waals surface area (Å²) >= 11 is 0. The van der Waals surface area contributed by atoms with Crippen molar-refractivity contribution >= 4 is 29.9 Å². The summed E-state index contributed by atoms with van der Waals surface area (Å²) in [6.45, 7) is 4.67. The largest absolute Gasteiger partial charge is 0.357 e. The Hall–Kier alpha value is -1.64. The average molecular weight is 448 g/mol. The fourth-order valence-electron chi connectivity index (χ4n) is 2.19. The van der Waals surface area contributed by atoms with Crippen LogP contribution in [0.4, 0.5) is 8.78 Å². The molecule has 1 heterocycles. The van der Waals surface area contributed by atoms with Crippen LogP contribution in [0.25, 0.3) is 0 Å². The van der Waals surface area contributed by atoms with Gasteiger partial charge in [-0.2, -0.15) is 0 Å². The van der Waals surface area contributed by atoms with E-state index in [1.54, 1.807) is 0 Å². The number of aromatic nitrogens is 1. The smallest absolute Gasteiger partial charge is 0.191 e. The Morgan fingerprint density at radius 2 is 1.92 bits per heavy atom. The van der Waals surface area contributed by atoms with Gasteiger partial charge in [-0.3, -0.25) is 4.99 Å². The molecule has 0 spiro atoms. The first-order valence-corrected chi connectivity index (χ1v) is 7.76. The maximum atomic E-state index is 13.6. The van der Waals surface area contributed by atoms with Crippen LogP contribution >= 0.6 is 24.0 Å². The summed E-state index contributed by atoms with van der Waals surface area (Å²) in [5.74, 6) is -0.147. The highest BCUT2D eigenvalue weighted by molar-refractivity contribution is 14.0. The topological polar surface area (TPSA) is 41.4 Å². The van der Waals surface area contributed by atoms with Crippen LogP contribution < -0.4 is 10.6 Å². The van der Waals surface area contributed by atoms with Gasteiger partial charge in [-0.25, -0.2) is 8.78 Å². The molecule has 1 aromatic carbocycles. The van der Waals surface area contributed by atoms with Crippen LogP contribution in [-0.4, -0.2) is 30.2 Å². The number of hydrogen-bond acceptors (Lipinski definition) is 1. The van der Waals surface area contributed by atoms with E-state index in [1.807, 2.05) is 31.5 Å². The number of guanidine groups is 1. The van der Waals surface area contributed by atoms with E-state index >= 15 is 0 Å². The van der Waals surface area contributed by atoms with Gasteiger partial charge in [-0.05, 0) is 49.2 Å². The fourth-order valence-corrected chi connectivity index (χ4v) is 2.19. The number of aliphatic imine (C=N–C) groups is 1. The highest BCUT2D eigenvalue weighted by Gasteiger charge is 2.04.